The molecule has 3 rings (SSSR count). The summed E-state index contributed by atoms with van der Waals surface area (Å²) in [4.78, 5) is 2.26. The summed E-state index contributed by atoms with van der Waals surface area (Å²) in [5, 5.41) is 9.15. The van der Waals surface area contributed by atoms with Gasteiger partial charge in [0.2, 0.25) is 0 Å². The van der Waals surface area contributed by atoms with Crippen LogP contribution in [0.4, 0.5) is 10.8 Å². The molecule has 84 valence electrons. The van der Waals surface area contributed by atoms with Gasteiger partial charge in [0.1, 0.15) is 17.1 Å². The van der Waals surface area contributed by atoms with Gasteiger partial charge in [0.25, 0.3) is 0 Å². The number of hydrogen-bond donors (Lipinski definition) is 1. The molecule has 6 nitrogen and oxygen atoms in total. The van der Waals surface area contributed by atoms with E-state index in [9.17, 15) is 0 Å². The van der Waals surface area contributed by atoms with E-state index in [1.807, 2.05) is 6.92 Å². The maximum absolute atomic E-state index is 5.76. The normalized spacial score (nSPS) is 15.2. The van der Waals surface area contributed by atoms with Gasteiger partial charge < -0.3 is 15.2 Å². The number of rotatable bonds is 1. The summed E-state index contributed by atoms with van der Waals surface area (Å²) in [5.41, 5.74) is 6.83. The van der Waals surface area contributed by atoms with E-state index < -0.39 is 0 Å². The zero-order chi connectivity index (χ0) is 11.1. The van der Waals surface area contributed by atoms with Crippen LogP contribution in [0, 0.1) is 6.92 Å². The van der Waals surface area contributed by atoms with Gasteiger partial charge in [-0.2, -0.15) is 4.37 Å². The molecule has 0 atom stereocenters. The van der Waals surface area contributed by atoms with Crippen LogP contribution in [-0.2, 0) is 13.1 Å². The largest absolute Gasteiger partial charge is 0.383 e. The maximum atomic E-state index is 5.76. The van der Waals surface area contributed by atoms with Gasteiger partial charge in [-0.25, -0.2) is 0 Å². The molecule has 0 unspecified atom stereocenters. The van der Waals surface area contributed by atoms with Crippen molar-refractivity contribution in [1.29, 1.82) is 0 Å². The Bertz CT molecular complexity index is 516. The number of fused-ring (bicyclic) bond motifs is 1. The number of anilines is 2. The highest BCUT2D eigenvalue weighted by Gasteiger charge is 2.21. The van der Waals surface area contributed by atoms with Gasteiger partial charge in [0, 0.05) is 18.7 Å². The van der Waals surface area contributed by atoms with Gasteiger partial charge >= 0.3 is 0 Å². The van der Waals surface area contributed by atoms with Crippen molar-refractivity contribution in [2.24, 2.45) is 0 Å². The van der Waals surface area contributed by atoms with E-state index in [1.165, 1.54) is 11.5 Å². The smallest absolute Gasteiger partial charge is 0.152 e. The lowest BCUT2D eigenvalue weighted by molar-refractivity contribution is 0.562. The fourth-order valence-corrected chi connectivity index (χ4v) is 2.71. The van der Waals surface area contributed by atoms with Gasteiger partial charge in [-0.3, -0.25) is 0 Å². The van der Waals surface area contributed by atoms with Crippen LogP contribution in [0.3, 0.4) is 0 Å². The molecular weight excluding hydrogens is 224 g/mol. The van der Waals surface area contributed by atoms with Crippen molar-refractivity contribution in [2.45, 2.75) is 20.0 Å². The Morgan fingerprint density at radius 3 is 3.06 bits per heavy atom. The predicted molar refractivity (Wildman–Crippen MR) is 62.3 cm³/mol. The molecular formula is C9H12N6S. The number of hydrogen-bond acceptors (Lipinski definition) is 6. The first-order chi connectivity index (χ1) is 7.75. The van der Waals surface area contributed by atoms with Crippen molar-refractivity contribution in [3.63, 3.8) is 0 Å². The minimum Gasteiger partial charge on any atom is -0.383 e. The highest BCUT2D eigenvalue weighted by molar-refractivity contribution is 7.10. The Balaban J connectivity index is 1.91. The number of aromatic nitrogens is 4. The Hall–Kier alpha value is -1.63. The van der Waals surface area contributed by atoms with E-state index in [4.69, 9.17) is 5.73 Å². The monoisotopic (exact) mass is 236 g/mol. The zero-order valence-electron chi connectivity index (χ0n) is 8.92. The number of nitrogens with two attached hydrogens (primary N) is 1. The molecule has 0 spiro atoms. The molecule has 16 heavy (non-hydrogen) atoms. The second kappa shape index (κ2) is 3.44. The summed E-state index contributed by atoms with van der Waals surface area (Å²) in [5.74, 6) is 1.63. The SMILES string of the molecule is Cc1c(N)nsc1N1CCn2cnnc2C1. The molecule has 3 heterocycles. The van der Waals surface area contributed by atoms with Crippen LogP contribution < -0.4 is 10.6 Å². The maximum Gasteiger partial charge on any atom is 0.152 e. The summed E-state index contributed by atoms with van der Waals surface area (Å²) in [6.07, 6.45) is 1.78. The van der Waals surface area contributed by atoms with Crippen LogP contribution >= 0.6 is 11.5 Å². The van der Waals surface area contributed by atoms with Gasteiger partial charge in [-0.15, -0.1) is 10.2 Å². The van der Waals surface area contributed by atoms with Crippen molar-refractivity contribution >= 4 is 22.4 Å². The minimum atomic E-state index is 0.632. The quantitative estimate of drug-likeness (QED) is 0.787. The van der Waals surface area contributed by atoms with Crippen molar-refractivity contribution in [1.82, 2.24) is 19.1 Å². The Morgan fingerprint density at radius 1 is 1.44 bits per heavy atom. The van der Waals surface area contributed by atoms with Crippen LogP contribution in [0.15, 0.2) is 6.33 Å². The molecule has 0 bridgehead atoms. The Labute approximate surface area is 96.9 Å². The van der Waals surface area contributed by atoms with Gasteiger partial charge in [-0.05, 0) is 18.5 Å². The van der Waals surface area contributed by atoms with Crippen molar-refractivity contribution in [3.8, 4) is 0 Å². The van der Waals surface area contributed by atoms with E-state index in [2.05, 4.69) is 24.0 Å². The molecule has 0 aromatic carbocycles. The molecule has 0 aliphatic carbocycles. The molecule has 1 aliphatic heterocycles. The molecule has 7 heteroatoms. The van der Waals surface area contributed by atoms with E-state index in [0.29, 0.717) is 5.82 Å². The lowest BCUT2D eigenvalue weighted by Crippen LogP contribution is -2.33. The summed E-state index contributed by atoms with van der Waals surface area (Å²) >= 11 is 1.45. The van der Waals surface area contributed by atoms with Crippen LogP contribution in [0.5, 0.6) is 0 Å². The van der Waals surface area contributed by atoms with Gasteiger partial charge in [0.15, 0.2) is 5.82 Å². The summed E-state index contributed by atoms with van der Waals surface area (Å²) < 4.78 is 6.25. The predicted octanol–water partition coefficient (Wildman–Crippen LogP) is 0.645. The zero-order valence-corrected chi connectivity index (χ0v) is 9.74. The minimum absolute atomic E-state index is 0.632. The fraction of sp³-hybridized carbons (Fsp3) is 0.444. The molecule has 2 aromatic rings. The molecule has 0 radical (unpaired) electrons. The molecule has 0 amide bonds. The Morgan fingerprint density at radius 2 is 2.31 bits per heavy atom. The van der Waals surface area contributed by atoms with Crippen LogP contribution in [-0.4, -0.2) is 25.7 Å². The first-order valence-electron chi connectivity index (χ1n) is 5.09. The van der Waals surface area contributed by atoms with Gasteiger partial charge in [-0.1, -0.05) is 0 Å². The lowest BCUT2D eigenvalue weighted by atomic mass is 10.3. The van der Waals surface area contributed by atoms with Crippen molar-refractivity contribution in [2.75, 3.05) is 17.2 Å². The second-order valence-electron chi connectivity index (χ2n) is 3.86. The molecule has 0 saturated carbocycles. The van der Waals surface area contributed by atoms with E-state index in [0.717, 1.165) is 36.0 Å². The molecule has 1 aliphatic rings. The second-order valence-corrected chi connectivity index (χ2v) is 4.61. The third-order valence-corrected chi connectivity index (χ3v) is 3.89. The van der Waals surface area contributed by atoms with Crippen molar-refractivity contribution in [3.05, 3.63) is 17.7 Å². The average molecular weight is 236 g/mol. The van der Waals surface area contributed by atoms with Crippen LogP contribution in [0.25, 0.3) is 0 Å². The third kappa shape index (κ3) is 1.35. The molecule has 2 aromatic heterocycles. The summed E-state index contributed by atoms with van der Waals surface area (Å²) in [7, 11) is 0. The van der Waals surface area contributed by atoms with Crippen molar-refractivity contribution < 1.29 is 0 Å². The lowest BCUT2D eigenvalue weighted by Gasteiger charge is -2.27. The van der Waals surface area contributed by atoms with Gasteiger partial charge in [0.05, 0.1) is 6.54 Å². The van der Waals surface area contributed by atoms with E-state index in [1.54, 1.807) is 6.33 Å². The third-order valence-electron chi connectivity index (χ3n) is 2.86. The highest BCUT2D eigenvalue weighted by Crippen LogP contribution is 2.31. The summed E-state index contributed by atoms with van der Waals surface area (Å²) in [6.45, 7) is 4.66. The van der Waals surface area contributed by atoms with E-state index >= 15 is 0 Å². The standard InChI is InChI=1S/C9H12N6S/c1-6-8(10)13-16-9(6)14-2-3-15-5-11-12-7(15)4-14/h5H,2-4H2,1H3,(H2,10,13). The number of nitrogens with zero attached hydrogens (tertiary/aromatic N) is 5. The van der Waals surface area contributed by atoms with Crippen LogP contribution in [0.1, 0.15) is 11.4 Å². The fourth-order valence-electron chi connectivity index (χ4n) is 1.87. The first-order valence-corrected chi connectivity index (χ1v) is 5.86. The average Bonchev–Trinajstić information content (AvgIpc) is 2.86. The first kappa shape index (κ1) is 9.59. The molecule has 0 saturated heterocycles. The molecule has 0 fully saturated rings. The molecule has 2 N–H and O–H groups in total. The summed E-state index contributed by atoms with van der Waals surface area (Å²) in [6, 6.07) is 0. The highest BCUT2D eigenvalue weighted by atomic mass is 32.1. The van der Waals surface area contributed by atoms with Crippen LogP contribution in [0.2, 0.25) is 0 Å². The topological polar surface area (TPSA) is 72.9 Å². The Kier molecular flexibility index (Phi) is 2.06. The number of nitrogen functional groups attached to an aromatic ring is 1. The van der Waals surface area contributed by atoms with E-state index in [-0.39, 0.29) is 0 Å².